The van der Waals surface area contributed by atoms with Crippen LogP contribution in [0.4, 0.5) is 0 Å². The van der Waals surface area contributed by atoms with Gasteiger partial charge in [0.2, 0.25) is 0 Å². The number of hydrogen-bond donors (Lipinski definition) is 0. The van der Waals surface area contributed by atoms with Crippen LogP contribution in [0.15, 0.2) is 36.7 Å². The van der Waals surface area contributed by atoms with E-state index in [0.29, 0.717) is 10.8 Å². The molecule has 1 aromatic carbocycles. The van der Waals surface area contributed by atoms with Gasteiger partial charge in [0.15, 0.2) is 5.82 Å². The van der Waals surface area contributed by atoms with Crippen molar-refractivity contribution in [2.24, 2.45) is 0 Å². The summed E-state index contributed by atoms with van der Waals surface area (Å²) in [5.41, 5.74) is 0.968. The Morgan fingerprint density at radius 3 is 2.31 bits per heavy atom. The van der Waals surface area contributed by atoms with Crippen molar-refractivity contribution in [1.29, 1.82) is 0 Å². The zero-order chi connectivity index (χ0) is 9.10. The van der Waals surface area contributed by atoms with Gasteiger partial charge in [0.05, 0.1) is 5.02 Å². The van der Waals surface area contributed by atoms with Crippen molar-refractivity contribution < 1.29 is 0 Å². The molecule has 0 spiro atoms. The Hall–Kier alpha value is -1.41. The van der Waals surface area contributed by atoms with E-state index in [9.17, 15) is 0 Å². The van der Waals surface area contributed by atoms with Gasteiger partial charge < -0.3 is 0 Å². The van der Waals surface area contributed by atoms with Crippen molar-refractivity contribution >= 4 is 11.6 Å². The summed E-state index contributed by atoms with van der Waals surface area (Å²) in [5.74, 6) is 0.679. The fourth-order valence-electron chi connectivity index (χ4n) is 0.997. The molecule has 0 bridgehead atoms. The van der Waals surface area contributed by atoms with Gasteiger partial charge in [-0.15, -0.1) is 0 Å². The second-order valence-corrected chi connectivity index (χ2v) is 2.95. The highest BCUT2D eigenvalue weighted by molar-refractivity contribution is 6.30. The van der Waals surface area contributed by atoms with Gasteiger partial charge in [0.1, 0.15) is 0 Å². The number of benzene rings is 1. The van der Waals surface area contributed by atoms with E-state index in [1.165, 1.54) is 0 Å². The van der Waals surface area contributed by atoms with Crippen LogP contribution in [0.1, 0.15) is 0 Å². The fraction of sp³-hybridized carbons (Fsp3) is 0. The van der Waals surface area contributed by atoms with E-state index < -0.39 is 0 Å². The van der Waals surface area contributed by atoms with Crippen LogP contribution in [-0.4, -0.2) is 9.97 Å². The van der Waals surface area contributed by atoms with Gasteiger partial charge in [-0.05, 0) is 6.07 Å². The molecule has 0 unspecified atom stereocenters. The SMILES string of the molecule is Clc1cnc(-c2cc[c]cc2)nc1. The molecule has 0 N–H and O–H groups in total. The average Bonchev–Trinajstić information content (AvgIpc) is 2.20. The highest BCUT2D eigenvalue weighted by Crippen LogP contribution is 2.14. The second-order valence-electron chi connectivity index (χ2n) is 2.51. The van der Waals surface area contributed by atoms with E-state index in [0.717, 1.165) is 5.56 Å². The third kappa shape index (κ3) is 1.84. The Labute approximate surface area is 81.2 Å². The molecule has 0 atom stereocenters. The van der Waals surface area contributed by atoms with Crippen molar-refractivity contribution in [2.75, 3.05) is 0 Å². The van der Waals surface area contributed by atoms with Crippen molar-refractivity contribution in [3.63, 3.8) is 0 Å². The lowest BCUT2D eigenvalue weighted by Gasteiger charge is -1.97. The van der Waals surface area contributed by atoms with E-state index >= 15 is 0 Å². The zero-order valence-corrected chi connectivity index (χ0v) is 7.49. The maximum atomic E-state index is 5.67. The molecule has 0 aliphatic carbocycles. The van der Waals surface area contributed by atoms with Crippen molar-refractivity contribution in [3.8, 4) is 11.4 Å². The Morgan fingerprint density at radius 2 is 1.69 bits per heavy atom. The lowest BCUT2D eigenvalue weighted by molar-refractivity contribution is 1.18. The lowest BCUT2D eigenvalue weighted by atomic mass is 10.2. The number of aromatic nitrogens is 2. The quantitative estimate of drug-likeness (QED) is 0.689. The Balaban J connectivity index is 2.42. The summed E-state index contributed by atoms with van der Waals surface area (Å²) in [6.07, 6.45) is 3.17. The fourth-order valence-corrected chi connectivity index (χ4v) is 1.09. The largest absolute Gasteiger partial charge is 0.235 e. The van der Waals surface area contributed by atoms with Crippen molar-refractivity contribution in [3.05, 3.63) is 47.7 Å². The molecular weight excluding hydrogens is 184 g/mol. The molecule has 2 rings (SSSR count). The van der Waals surface area contributed by atoms with Crippen LogP contribution in [0.25, 0.3) is 11.4 Å². The number of halogens is 1. The van der Waals surface area contributed by atoms with E-state index in [4.69, 9.17) is 11.6 Å². The first-order valence-corrected chi connectivity index (χ1v) is 4.18. The van der Waals surface area contributed by atoms with Crippen LogP contribution in [-0.2, 0) is 0 Å². The molecule has 13 heavy (non-hydrogen) atoms. The highest BCUT2D eigenvalue weighted by atomic mass is 35.5. The van der Waals surface area contributed by atoms with E-state index in [1.807, 2.05) is 24.3 Å². The zero-order valence-electron chi connectivity index (χ0n) is 6.74. The number of nitrogens with zero attached hydrogens (tertiary/aromatic N) is 2. The first-order chi connectivity index (χ1) is 6.36. The molecule has 0 saturated carbocycles. The summed E-state index contributed by atoms with van der Waals surface area (Å²) >= 11 is 5.67. The van der Waals surface area contributed by atoms with Gasteiger partial charge in [-0.2, -0.15) is 0 Å². The topological polar surface area (TPSA) is 25.8 Å². The van der Waals surface area contributed by atoms with E-state index in [2.05, 4.69) is 16.0 Å². The van der Waals surface area contributed by atoms with Gasteiger partial charge in [-0.3, -0.25) is 0 Å². The molecule has 1 heterocycles. The number of hydrogen-bond acceptors (Lipinski definition) is 2. The first-order valence-electron chi connectivity index (χ1n) is 3.80. The molecule has 1 radical (unpaired) electrons. The molecule has 0 saturated heterocycles. The maximum Gasteiger partial charge on any atom is 0.159 e. The lowest BCUT2D eigenvalue weighted by Crippen LogP contribution is -1.86. The Morgan fingerprint density at radius 1 is 1.08 bits per heavy atom. The van der Waals surface area contributed by atoms with Crippen LogP contribution in [0.2, 0.25) is 5.02 Å². The van der Waals surface area contributed by atoms with Crippen molar-refractivity contribution in [1.82, 2.24) is 9.97 Å². The summed E-state index contributed by atoms with van der Waals surface area (Å²) in [5, 5.41) is 0.547. The summed E-state index contributed by atoms with van der Waals surface area (Å²) in [6, 6.07) is 10.4. The number of rotatable bonds is 1. The third-order valence-electron chi connectivity index (χ3n) is 1.60. The van der Waals surface area contributed by atoms with Gasteiger partial charge in [-0.25, -0.2) is 9.97 Å². The Kier molecular flexibility index (Phi) is 2.23. The molecule has 2 aromatic rings. The molecule has 0 amide bonds. The molecule has 63 valence electrons. The van der Waals surface area contributed by atoms with Crippen LogP contribution >= 0.6 is 11.6 Å². The standard InChI is InChI=1S/C10H6ClN2/c11-9-6-12-10(13-7-9)8-4-2-1-3-5-8/h2-7H. The summed E-state index contributed by atoms with van der Waals surface area (Å²) in [6.45, 7) is 0. The molecule has 3 heteroatoms. The van der Waals surface area contributed by atoms with E-state index in [-0.39, 0.29) is 0 Å². The predicted molar refractivity (Wildman–Crippen MR) is 51.3 cm³/mol. The average molecular weight is 190 g/mol. The molecule has 0 aliphatic rings. The minimum absolute atomic E-state index is 0.547. The highest BCUT2D eigenvalue weighted by Gasteiger charge is 1.98. The predicted octanol–water partition coefficient (Wildman–Crippen LogP) is 2.60. The van der Waals surface area contributed by atoms with Gasteiger partial charge in [0, 0.05) is 18.0 Å². The molecule has 0 fully saturated rings. The first kappa shape index (κ1) is 8.20. The maximum absolute atomic E-state index is 5.67. The van der Waals surface area contributed by atoms with Gasteiger partial charge in [-0.1, -0.05) is 35.9 Å². The smallest absolute Gasteiger partial charge is 0.159 e. The Bertz CT molecular complexity index is 383. The van der Waals surface area contributed by atoms with Gasteiger partial charge in [0.25, 0.3) is 0 Å². The normalized spacial score (nSPS) is 9.92. The summed E-state index contributed by atoms with van der Waals surface area (Å²) in [4.78, 5) is 8.18. The minimum Gasteiger partial charge on any atom is -0.235 e. The van der Waals surface area contributed by atoms with Crippen molar-refractivity contribution in [2.45, 2.75) is 0 Å². The summed E-state index contributed by atoms with van der Waals surface area (Å²) < 4.78 is 0. The molecular formula is C10H6ClN2. The molecule has 2 nitrogen and oxygen atoms in total. The van der Waals surface area contributed by atoms with Gasteiger partial charge >= 0.3 is 0 Å². The van der Waals surface area contributed by atoms with Crippen LogP contribution in [0, 0.1) is 6.07 Å². The van der Waals surface area contributed by atoms with E-state index in [1.54, 1.807) is 12.4 Å². The van der Waals surface area contributed by atoms with Crippen LogP contribution in [0.3, 0.4) is 0 Å². The third-order valence-corrected chi connectivity index (χ3v) is 1.79. The summed E-state index contributed by atoms with van der Waals surface area (Å²) in [7, 11) is 0. The molecule has 1 aromatic heterocycles. The second kappa shape index (κ2) is 3.54. The monoisotopic (exact) mass is 189 g/mol. The van der Waals surface area contributed by atoms with Crippen LogP contribution < -0.4 is 0 Å². The van der Waals surface area contributed by atoms with Crippen LogP contribution in [0.5, 0.6) is 0 Å². The minimum atomic E-state index is 0.547. The molecule has 0 aliphatic heterocycles.